The lowest BCUT2D eigenvalue weighted by molar-refractivity contribution is -0.140. The van der Waals surface area contributed by atoms with Crippen LogP contribution >= 0.6 is 12.6 Å². The van der Waals surface area contributed by atoms with Gasteiger partial charge in [0.05, 0.1) is 0 Å². The molecule has 0 aromatic carbocycles. The molecule has 19 heavy (non-hydrogen) atoms. The highest BCUT2D eigenvalue weighted by Crippen LogP contribution is 2.15. The van der Waals surface area contributed by atoms with Crippen molar-refractivity contribution in [3.63, 3.8) is 0 Å². The molecule has 0 aliphatic carbocycles. The number of carbonyl (C=O) groups is 3. The van der Waals surface area contributed by atoms with E-state index in [-0.39, 0.29) is 12.8 Å². The lowest BCUT2D eigenvalue weighted by atomic mass is 10.1. The van der Waals surface area contributed by atoms with Crippen LogP contribution in [0, 0.1) is 0 Å². The first-order valence-corrected chi connectivity index (χ1v) is 5.75. The van der Waals surface area contributed by atoms with E-state index in [0.717, 1.165) is 0 Å². The van der Waals surface area contributed by atoms with E-state index in [4.69, 9.17) is 26.8 Å². The third-order valence-corrected chi connectivity index (χ3v) is 2.29. The van der Waals surface area contributed by atoms with Crippen molar-refractivity contribution in [2.24, 2.45) is 11.5 Å². The lowest BCUT2D eigenvalue weighted by Gasteiger charge is -2.21. The second kappa shape index (κ2) is 8.73. The van der Waals surface area contributed by atoms with Gasteiger partial charge in [-0.2, -0.15) is 12.6 Å². The summed E-state index contributed by atoms with van der Waals surface area (Å²) >= 11 is 3.98. The van der Waals surface area contributed by atoms with E-state index < -0.39 is 34.7 Å². The Bertz CT molecular complexity index is 328. The minimum Gasteiger partial charge on any atom is -0.481 e. The first-order valence-electron chi connectivity index (χ1n) is 5.30. The highest BCUT2D eigenvalue weighted by molar-refractivity contribution is 7.81. The molecule has 0 fully saturated rings. The highest BCUT2D eigenvalue weighted by Gasteiger charge is 2.27. The van der Waals surface area contributed by atoms with Crippen molar-refractivity contribution in [1.82, 2.24) is 0 Å². The van der Waals surface area contributed by atoms with Crippen LogP contribution in [0.15, 0.2) is 0 Å². The zero-order chi connectivity index (χ0) is 15.8. The third-order valence-electron chi connectivity index (χ3n) is 2.01. The highest BCUT2D eigenvalue weighted by atomic mass is 32.1. The molecule has 0 saturated heterocycles. The summed E-state index contributed by atoms with van der Waals surface area (Å²) in [6.07, 6.45) is -0.224. The molecular weight excluding hydrogens is 276 g/mol. The third kappa shape index (κ3) is 11.5. The summed E-state index contributed by atoms with van der Waals surface area (Å²) < 4.78 is -0.647. The van der Waals surface area contributed by atoms with Crippen molar-refractivity contribution in [3.05, 3.63) is 0 Å². The number of thiol groups is 1. The molecule has 0 aromatic heterocycles. The largest absolute Gasteiger partial charge is 0.481 e. The molecular formula is C10H20N2O6S. The second-order valence-electron chi connectivity index (χ2n) is 4.35. The Labute approximate surface area is 116 Å². The maximum atomic E-state index is 10.2. The van der Waals surface area contributed by atoms with E-state index in [1.54, 1.807) is 13.8 Å². The zero-order valence-corrected chi connectivity index (χ0v) is 11.6. The van der Waals surface area contributed by atoms with Crippen molar-refractivity contribution in [2.75, 3.05) is 0 Å². The van der Waals surface area contributed by atoms with Crippen LogP contribution in [0.1, 0.15) is 26.7 Å². The van der Waals surface area contributed by atoms with Gasteiger partial charge in [0, 0.05) is 11.2 Å². The summed E-state index contributed by atoms with van der Waals surface area (Å²) in [6, 6.07) is -1.96. The molecule has 0 unspecified atom stereocenters. The van der Waals surface area contributed by atoms with E-state index in [2.05, 4.69) is 12.6 Å². The Morgan fingerprint density at radius 1 is 1.11 bits per heavy atom. The van der Waals surface area contributed by atoms with Crippen LogP contribution in [-0.2, 0) is 14.4 Å². The second-order valence-corrected chi connectivity index (χ2v) is 5.50. The smallest absolute Gasteiger partial charge is 0.321 e. The Hall–Kier alpha value is -1.32. The molecule has 0 aromatic rings. The quantitative estimate of drug-likeness (QED) is 0.353. The van der Waals surface area contributed by atoms with Crippen molar-refractivity contribution in [3.8, 4) is 0 Å². The summed E-state index contributed by atoms with van der Waals surface area (Å²) in [6.45, 7) is 3.32. The van der Waals surface area contributed by atoms with Gasteiger partial charge in [-0.05, 0) is 20.3 Å². The van der Waals surface area contributed by atoms with Crippen LogP contribution in [0.4, 0.5) is 0 Å². The van der Waals surface area contributed by atoms with E-state index in [0.29, 0.717) is 0 Å². The van der Waals surface area contributed by atoms with Gasteiger partial charge < -0.3 is 26.8 Å². The molecule has 0 heterocycles. The molecule has 0 radical (unpaired) electrons. The molecule has 112 valence electrons. The number of hydrogen-bond acceptors (Lipinski definition) is 6. The van der Waals surface area contributed by atoms with Gasteiger partial charge >= 0.3 is 17.9 Å². The monoisotopic (exact) mass is 296 g/mol. The fraction of sp³-hybridized carbons (Fsp3) is 0.700. The Morgan fingerprint density at radius 3 is 1.68 bits per heavy atom. The predicted molar refractivity (Wildman–Crippen MR) is 71.2 cm³/mol. The molecule has 0 aliphatic rings. The number of carboxylic acids is 3. The number of nitrogens with two attached hydrogens (primary N) is 2. The Balaban J connectivity index is 0. The number of hydrogen-bond donors (Lipinski definition) is 6. The Morgan fingerprint density at radius 2 is 1.53 bits per heavy atom. The number of rotatable bonds is 6. The van der Waals surface area contributed by atoms with Crippen molar-refractivity contribution < 1.29 is 29.7 Å². The average Bonchev–Trinajstić information content (AvgIpc) is 2.23. The van der Waals surface area contributed by atoms with Gasteiger partial charge in [0.25, 0.3) is 0 Å². The molecule has 9 heteroatoms. The van der Waals surface area contributed by atoms with E-state index in [1.807, 2.05) is 0 Å². The van der Waals surface area contributed by atoms with Crippen LogP contribution in [0.5, 0.6) is 0 Å². The fourth-order valence-corrected chi connectivity index (χ4v) is 0.815. The maximum Gasteiger partial charge on any atom is 0.321 e. The van der Waals surface area contributed by atoms with Crippen LogP contribution in [0.3, 0.4) is 0 Å². The van der Waals surface area contributed by atoms with Gasteiger partial charge in [0.2, 0.25) is 0 Å². The fourth-order valence-electron chi connectivity index (χ4n) is 0.705. The first-order chi connectivity index (χ1) is 8.39. The summed E-state index contributed by atoms with van der Waals surface area (Å²) in [5.41, 5.74) is 10.2. The van der Waals surface area contributed by atoms with Crippen LogP contribution in [0.25, 0.3) is 0 Å². The van der Waals surface area contributed by atoms with Gasteiger partial charge in [-0.1, -0.05) is 0 Å². The van der Waals surface area contributed by atoms with E-state index in [1.165, 1.54) is 0 Å². The molecule has 0 spiro atoms. The van der Waals surface area contributed by atoms with Crippen molar-refractivity contribution >= 4 is 30.5 Å². The number of aliphatic carboxylic acids is 3. The van der Waals surface area contributed by atoms with Gasteiger partial charge in [0.15, 0.2) is 0 Å². The molecule has 8 nitrogen and oxygen atoms in total. The van der Waals surface area contributed by atoms with Gasteiger partial charge in [-0.25, -0.2) is 0 Å². The van der Waals surface area contributed by atoms with Crippen LogP contribution < -0.4 is 11.5 Å². The van der Waals surface area contributed by atoms with Crippen molar-refractivity contribution in [1.29, 1.82) is 0 Å². The summed E-state index contributed by atoms with van der Waals surface area (Å²) in [5.74, 6) is -3.21. The standard InChI is InChI=1S/C5H9NO4.C5H11NO2S/c6-3(5(9)10)1-2-4(7)8;1-5(2,9)3(6)4(7)8/h3H,1-2,6H2,(H,7,8)(H,9,10);3,9H,6H2,1-2H3,(H,7,8)/t2*3-/m01/s1. The first kappa shape index (κ1) is 20.0. The normalized spacial score (nSPS) is 13.7. The van der Waals surface area contributed by atoms with E-state index >= 15 is 0 Å². The van der Waals surface area contributed by atoms with Crippen molar-refractivity contribution in [2.45, 2.75) is 43.5 Å². The topological polar surface area (TPSA) is 164 Å². The average molecular weight is 296 g/mol. The maximum absolute atomic E-state index is 10.2. The SMILES string of the molecule is CC(C)(S)[C@H](N)C(=O)O.N[C@@H](CCC(=O)O)C(=O)O. The van der Waals surface area contributed by atoms with Crippen LogP contribution in [-0.4, -0.2) is 50.1 Å². The number of carboxylic acid groups (broad SMARTS) is 3. The molecule has 0 rings (SSSR count). The summed E-state index contributed by atoms with van der Waals surface area (Å²) in [4.78, 5) is 30.0. The molecule has 0 bridgehead atoms. The van der Waals surface area contributed by atoms with E-state index in [9.17, 15) is 14.4 Å². The minimum absolute atomic E-state index is 0.0231. The Kier molecular flexibility index (Phi) is 9.19. The molecule has 0 amide bonds. The van der Waals surface area contributed by atoms with Gasteiger partial charge in [-0.3, -0.25) is 14.4 Å². The predicted octanol–water partition coefficient (Wildman–Crippen LogP) is -0.630. The molecule has 0 aliphatic heterocycles. The van der Waals surface area contributed by atoms with Gasteiger partial charge in [0.1, 0.15) is 12.1 Å². The van der Waals surface area contributed by atoms with Gasteiger partial charge in [-0.15, -0.1) is 0 Å². The van der Waals surface area contributed by atoms with Crippen LogP contribution in [0.2, 0.25) is 0 Å². The lowest BCUT2D eigenvalue weighted by Crippen LogP contribution is -2.45. The molecule has 7 N–H and O–H groups in total. The minimum atomic E-state index is -1.17. The zero-order valence-electron chi connectivity index (χ0n) is 10.7. The molecule has 2 atom stereocenters. The molecule has 0 saturated carbocycles. The summed E-state index contributed by atoms with van der Waals surface area (Å²) in [5, 5.41) is 24.6. The summed E-state index contributed by atoms with van der Waals surface area (Å²) in [7, 11) is 0.